The molecule has 1 aliphatic rings. The number of carbonyl (C=O) groups is 1. The van der Waals surface area contributed by atoms with Crippen LogP contribution in [-0.4, -0.2) is 21.6 Å². The van der Waals surface area contributed by atoms with Crippen molar-refractivity contribution in [2.24, 2.45) is 5.10 Å². The Morgan fingerprint density at radius 2 is 2.26 bits per heavy atom. The van der Waals surface area contributed by atoms with E-state index in [0.29, 0.717) is 12.8 Å². The molecular formula is C16H15N3O3S. The van der Waals surface area contributed by atoms with E-state index in [9.17, 15) is 14.9 Å². The Bertz CT molecular complexity index is 771. The summed E-state index contributed by atoms with van der Waals surface area (Å²) in [5.74, 6) is -0.0898. The van der Waals surface area contributed by atoms with E-state index >= 15 is 0 Å². The van der Waals surface area contributed by atoms with Gasteiger partial charge in [-0.25, -0.2) is 5.01 Å². The highest BCUT2D eigenvalue weighted by molar-refractivity contribution is 7.12. The molecule has 6 nitrogen and oxygen atoms in total. The van der Waals surface area contributed by atoms with Crippen LogP contribution in [0.1, 0.15) is 36.2 Å². The minimum absolute atomic E-state index is 0.0240. The van der Waals surface area contributed by atoms with Crippen molar-refractivity contribution in [3.63, 3.8) is 0 Å². The number of nitrogens with zero attached hydrogens (tertiary/aromatic N) is 3. The third-order valence-electron chi connectivity index (χ3n) is 3.74. The molecular weight excluding hydrogens is 314 g/mol. The summed E-state index contributed by atoms with van der Waals surface area (Å²) in [5.41, 5.74) is 1.60. The van der Waals surface area contributed by atoms with Crippen LogP contribution in [0.4, 0.5) is 5.69 Å². The minimum atomic E-state index is -0.425. The van der Waals surface area contributed by atoms with Crippen LogP contribution in [0.2, 0.25) is 0 Å². The normalized spacial score (nSPS) is 17.2. The zero-order valence-electron chi connectivity index (χ0n) is 12.5. The topological polar surface area (TPSA) is 75.8 Å². The lowest BCUT2D eigenvalue weighted by Gasteiger charge is -2.21. The van der Waals surface area contributed by atoms with Gasteiger partial charge in [-0.1, -0.05) is 25.1 Å². The highest BCUT2D eigenvalue weighted by atomic mass is 32.1. The van der Waals surface area contributed by atoms with Crippen molar-refractivity contribution >= 4 is 28.6 Å². The van der Waals surface area contributed by atoms with Crippen LogP contribution in [-0.2, 0) is 4.79 Å². The van der Waals surface area contributed by atoms with E-state index in [2.05, 4.69) is 5.10 Å². The average Bonchev–Trinajstić information content (AvgIpc) is 3.23. The SMILES string of the molecule is CCC(=O)N1N=C(c2cccs2)C[C@@H]1c1cccc([N+](=O)[O-])c1. The highest BCUT2D eigenvalue weighted by Gasteiger charge is 2.33. The van der Waals surface area contributed by atoms with E-state index in [1.54, 1.807) is 30.4 Å². The fourth-order valence-corrected chi connectivity index (χ4v) is 3.32. The maximum absolute atomic E-state index is 12.2. The van der Waals surface area contributed by atoms with Gasteiger partial charge in [0.25, 0.3) is 5.69 Å². The van der Waals surface area contributed by atoms with Crippen LogP contribution in [0.15, 0.2) is 46.9 Å². The number of amides is 1. The van der Waals surface area contributed by atoms with Crippen LogP contribution in [0.3, 0.4) is 0 Å². The Labute approximate surface area is 137 Å². The molecule has 23 heavy (non-hydrogen) atoms. The number of thiophene rings is 1. The summed E-state index contributed by atoms with van der Waals surface area (Å²) in [4.78, 5) is 23.8. The molecule has 1 aromatic carbocycles. The van der Waals surface area contributed by atoms with Crippen molar-refractivity contribution in [2.45, 2.75) is 25.8 Å². The number of benzene rings is 1. The molecule has 0 aliphatic carbocycles. The van der Waals surface area contributed by atoms with E-state index in [1.807, 2.05) is 17.5 Å². The van der Waals surface area contributed by atoms with Crippen molar-refractivity contribution in [3.8, 4) is 0 Å². The second kappa shape index (κ2) is 6.29. The molecule has 2 aromatic rings. The van der Waals surface area contributed by atoms with E-state index < -0.39 is 4.92 Å². The summed E-state index contributed by atoms with van der Waals surface area (Å²) < 4.78 is 0. The fourth-order valence-electron chi connectivity index (χ4n) is 2.60. The second-order valence-corrected chi connectivity index (χ2v) is 6.14. The lowest BCUT2D eigenvalue weighted by Crippen LogP contribution is -2.26. The minimum Gasteiger partial charge on any atom is -0.273 e. The Kier molecular flexibility index (Phi) is 4.20. The molecule has 0 saturated carbocycles. The van der Waals surface area contributed by atoms with Gasteiger partial charge >= 0.3 is 0 Å². The van der Waals surface area contributed by atoms with Gasteiger partial charge in [-0.05, 0) is 17.0 Å². The number of non-ortho nitro benzene ring substituents is 1. The fraction of sp³-hybridized carbons (Fsp3) is 0.250. The molecule has 0 radical (unpaired) electrons. The predicted octanol–water partition coefficient (Wildman–Crippen LogP) is 3.74. The number of hydrogen-bond acceptors (Lipinski definition) is 5. The third kappa shape index (κ3) is 3.00. The number of nitro groups is 1. The molecule has 1 atom stereocenters. The molecule has 0 saturated heterocycles. The monoisotopic (exact) mass is 329 g/mol. The first kappa shape index (κ1) is 15.4. The molecule has 3 rings (SSSR count). The van der Waals surface area contributed by atoms with Crippen molar-refractivity contribution in [1.82, 2.24) is 5.01 Å². The molecule has 1 aromatic heterocycles. The summed E-state index contributed by atoms with van der Waals surface area (Å²) in [6, 6.07) is 10.0. The molecule has 0 unspecified atom stereocenters. The largest absolute Gasteiger partial charge is 0.273 e. The first-order chi connectivity index (χ1) is 11.1. The van der Waals surface area contributed by atoms with Crippen LogP contribution in [0.25, 0.3) is 0 Å². The zero-order chi connectivity index (χ0) is 16.4. The first-order valence-electron chi connectivity index (χ1n) is 7.28. The summed E-state index contributed by atoms with van der Waals surface area (Å²) in [6.45, 7) is 1.78. The van der Waals surface area contributed by atoms with Crippen LogP contribution in [0.5, 0.6) is 0 Å². The van der Waals surface area contributed by atoms with Gasteiger partial charge in [0, 0.05) is 25.0 Å². The van der Waals surface area contributed by atoms with Gasteiger partial charge in [-0.3, -0.25) is 14.9 Å². The zero-order valence-corrected chi connectivity index (χ0v) is 13.3. The Balaban J connectivity index is 1.96. The molecule has 118 valence electrons. The summed E-state index contributed by atoms with van der Waals surface area (Å²) in [7, 11) is 0. The summed E-state index contributed by atoms with van der Waals surface area (Å²) in [6.07, 6.45) is 0.903. The maximum Gasteiger partial charge on any atom is 0.269 e. The van der Waals surface area contributed by atoms with Crippen molar-refractivity contribution in [3.05, 3.63) is 62.3 Å². The number of carbonyl (C=O) groups excluding carboxylic acids is 1. The lowest BCUT2D eigenvalue weighted by atomic mass is 10.0. The van der Waals surface area contributed by atoms with Gasteiger partial charge in [-0.2, -0.15) is 5.10 Å². The lowest BCUT2D eigenvalue weighted by molar-refractivity contribution is -0.384. The van der Waals surface area contributed by atoms with Gasteiger partial charge in [0.05, 0.1) is 21.6 Å². The van der Waals surface area contributed by atoms with Crippen LogP contribution >= 0.6 is 11.3 Å². The van der Waals surface area contributed by atoms with Gasteiger partial charge in [-0.15, -0.1) is 11.3 Å². The van der Waals surface area contributed by atoms with Gasteiger partial charge in [0.2, 0.25) is 5.91 Å². The smallest absolute Gasteiger partial charge is 0.269 e. The standard InChI is InChI=1S/C16H15N3O3S/c1-2-16(20)18-14(10-13(17-18)15-7-4-8-23-15)11-5-3-6-12(9-11)19(21)22/h3-9,14H,2,10H2,1H3/t14-/m1/s1. The van der Waals surface area contributed by atoms with Crippen LogP contribution < -0.4 is 0 Å². The third-order valence-corrected chi connectivity index (χ3v) is 4.66. The van der Waals surface area contributed by atoms with E-state index in [0.717, 1.165) is 16.2 Å². The van der Waals surface area contributed by atoms with Gasteiger partial charge in [0.1, 0.15) is 0 Å². The number of nitro benzene ring substituents is 1. The van der Waals surface area contributed by atoms with E-state index in [4.69, 9.17) is 0 Å². The summed E-state index contributed by atoms with van der Waals surface area (Å²) in [5, 5.41) is 18.9. The Hall–Kier alpha value is -2.54. The Morgan fingerprint density at radius 3 is 2.91 bits per heavy atom. The quantitative estimate of drug-likeness (QED) is 0.633. The van der Waals surface area contributed by atoms with Crippen LogP contribution in [0, 0.1) is 10.1 Å². The van der Waals surface area contributed by atoms with Gasteiger partial charge in [0.15, 0.2) is 0 Å². The molecule has 1 aliphatic heterocycles. The molecule has 2 heterocycles. The highest BCUT2D eigenvalue weighted by Crippen LogP contribution is 2.35. The predicted molar refractivity (Wildman–Crippen MR) is 88.4 cm³/mol. The molecule has 1 amide bonds. The Morgan fingerprint density at radius 1 is 1.43 bits per heavy atom. The first-order valence-corrected chi connectivity index (χ1v) is 8.16. The number of hydrogen-bond donors (Lipinski definition) is 0. The maximum atomic E-state index is 12.2. The average molecular weight is 329 g/mol. The molecule has 7 heteroatoms. The van der Waals surface area contributed by atoms with Gasteiger partial charge < -0.3 is 0 Å². The molecule has 0 bridgehead atoms. The second-order valence-electron chi connectivity index (χ2n) is 5.19. The number of rotatable bonds is 4. The number of hydrazone groups is 1. The molecule has 0 fully saturated rings. The van der Waals surface area contributed by atoms with E-state index in [1.165, 1.54) is 17.1 Å². The van der Waals surface area contributed by atoms with E-state index in [-0.39, 0.29) is 17.6 Å². The summed E-state index contributed by atoms with van der Waals surface area (Å²) >= 11 is 1.57. The molecule has 0 spiro atoms. The molecule has 0 N–H and O–H groups in total. The van der Waals surface area contributed by atoms with Crippen molar-refractivity contribution in [2.75, 3.05) is 0 Å². The van der Waals surface area contributed by atoms with Crippen molar-refractivity contribution < 1.29 is 9.72 Å². The van der Waals surface area contributed by atoms with Crippen molar-refractivity contribution in [1.29, 1.82) is 0 Å².